The van der Waals surface area contributed by atoms with Crippen molar-refractivity contribution in [2.45, 2.75) is 20.0 Å². The van der Waals surface area contributed by atoms with Crippen LogP contribution in [0.2, 0.25) is 0 Å². The number of aryl methyl sites for hydroxylation is 1. The van der Waals surface area contributed by atoms with Gasteiger partial charge in [0.25, 0.3) is 0 Å². The summed E-state index contributed by atoms with van der Waals surface area (Å²) in [5.74, 6) is 2.74. The Hall–Kier alpha value is -2.64. The lowest BCUT2D eigenvalue weighted by Gasteiger charge is -2.29. The lowest BCUT2D eigenvalue weighted by Crippen LogP contribution is -2.37. The molecule has 4 heterocycles. The van der Waals surface area contributed by atoms with Crippen molar-refractivity contribution in [3.8, 4) is 11.5 Å². The lowest BCUT2D eigenvalue weighted by atomic mass is 10.2. The van der Waals surface area contributed by atoms with Gasteiger partial charge in [0, 0.05) is 43.5 Å². The van der Waals surface area contributed by atoms with Crippen LogP contribution in [0.15, 0.2) is 41.1 Å². The number of hydrogen-bond acceptors (Lipinski definition) is 6. The van der Waals surface area contributed by atoms with Crippen LogP contribution in [0.3, 0.4) is 0 Å². The van der Waals surface area contributed by atoms with Crippen molar-refractivity contribution in [3.63, 3.8) is 0 Å². The van der Waals surface area contributed by atoms with Gasteiger partial charge in [0.1, 0.15) is 17.3 Å². The van der Waals surface area contributed by atoms with Crippen molar-refractivity contribution in [2.75, 3.05) is 31.2 Å². The van der Waals surface area contributed by atoms with Crippen molar-refractivity contribution in [2.24, 2.45) is 0 Å². The highest BCUT2D eigenvalue weighted by Gasteiger charge is 2.16. The van der Waals surface area contributed by atoms with Gasteiger partial charge < -0.3 is 19.4 Å². The number of aromatic amines is 1. The van der Waals surface area contributed by atoms with Crippen LogP contribution in [-0.4, -0.2) is 41.5 Å². The molecule has 1 aliphatic rings. The van der Waals surface area contributed by atoms with E-state index < -0.39 is 0 Å². The van der Waals surface area contributed by atoms with Gasteiger partial charge in [-0.15, -0.1) is 0 Å². The van der Waals surface area contributed by atoms with Crippen LogP contribution in [0.1, 0.15) is 16.9 Å². The molecule has 0 unspecified atom stereocenters. The molecule has 7 nitrogen and oxygen atoms in total. The van der Waals surface area contributed by atoms with Crippen LogP contribution in [0, 0.1) is 6.92 Å². The lowest BCUT2D eigenvalue weighted by molar-refractivity contribution is 0.122. The van der Waals surface area contributed by atoms with E-state index in [4.69, 9.17) is 9.15 Å². The molecule has 1 aliphatic heterocycles. The Morgan fingerprint density at radius 1 is 1.15 bits per heavy atom. The van der Waals surface area contributed by atoms with Crippen molar-refractivity contribution < 1.29 is 9.15 Å². The first-order chi connectivity index (χ1) is 12.8. The van der Waals surface area contributed by atoms with E-state index in [0.717, 1.165) is 61.4 Å². The molecule has 0 saturated carbocycles. The highest BCUT2D eigenvalue weighted by atomic mass is 16.5. The fourth-order valence-electron chi connectivity index (χ4n) is 3.19. The van der Waals surface area contributed by atoms with Gasteiger partial charge in [0.2, 0.25) is 0 Å². The summed E-state index contributed by atoms with van der Waals surface area (Å²) >= 11 is 0. The minimum absolute atomic E-state index is 0.697. The van der Waals surface area contributed by atoms with Crippen molar-refractivity contribution in [3.05, 3.63) is 53.5 Å². The molecule has 0 atom stereocenters. The highest BCUT2D eigenvalue weighted by molar-refractivity contribution is 5.56. The number of H-pyrrole nitrogens is 1. The van der Waals surface area contributed by atoms with Crippen molar-refractivity contribution in [1.82, 2.24) is 20.5 Å². The second-order valence-corrected chi connectivity index (χ2v) is 6.37. The number of aromatic nitrogens is 3. The monoisotopic (exact) mass is 353 g/mol. The number of morpholine rings is 1. The molecule has 4 rings (SSSR count). The third-order valence-electron chi connectivity index (χ3n) is 4.51. The minimum Gasteiger partial charge on any atom is -0.460 e. The summed E-state index contributed by atoms with van der Waals surface area (Å²) in [6, 6.07) is 8.02. The third kappa shape index (κ3) is 3.63. The summed E-state index contributed by atoms with van der Waals surface area (Å²) in [4.78, 5) is 6.87. The normalized spacial score (nSPS) is 14.7. The quantitative estimate of drug-likeness (QED) is 0.709. The van der Waals surface area contributed by atoms with Crippen LogP contribution in [0.4, 0.5) is 5.82 Å². The molecule has 0 bridgehead atoms. The largest absolute Gasteiger partial charge is 0.460 e. The second-order valence-electron chi connectivity index (χ2n) is 6.37. The first-order valence-corrected chi connectivity index (χ1v) is 8.87. The molecule has 3 aromatic heterocycles. The Labute approximate surface area is 152 Å². The predicted molar refractivity (Wildman–Crippen MR) is 98.8 cm³/mol. The summed E-state index contributed by atoms with van der Waals surface area (Å²) in [6.07, 6.45) is 3.69. The molecule has 0 amide bonds. The smallest absolute Gasteiger partial charge is 0.152 e. The number of anilines is 1. The average Bonchev–Trinajstić information content (AvgIpc) is 3.31. The van der Waals surface area contributed by atoms with Gasteiger partial charge in [0.15, 0.2) is 5.76 Å². The van der Waals surface area contributed by atoms with Gasteiger partial charge in [-0.2, -0.15) is 5.10 Å². The molecule has 3 aromatic rings. The van der Waals surface area contributed by atoms with Gasteiger partial charge >= 0.3 is 0 Å². The Kier molecular flexibility index (Phi) is 4.99. The zero-order valence-corrected chi connectivity index (χ0v) is 14.9. The Morgan fingerprint density at radius 2 is 2.00 bits per heavy atom. The average molecular weight is 353 g/mol. The van der Waals surface area contributed by atoms with E-state index in [-0.39, 0.29) is 0 Å². The molecule has 0 aromatic carbocycles. The topological polar surface area (TPSA) is 79.2 Å². The van der Waals surface area contributed by atoms with Gasteiger partial charge in [-0.05, 0) is 25.1 Å². The Balaban J connectivity index is 1.42. The number of hydrogen-bond donors (Lipinski definition) is 2. The van der Waals surface area contributed by atoms with Gasteiger partial charge in [-0.25, -0.2) is 4.98 Å². The summed E-state index contributed by atoms with van der Waals surface area (Å²) in [5, 5.41) is 10.7. The van der Waals surface area contributed by atoms with E-state index in [2.05, 4.69) is 31.5 Å². The van der Waals surface area contributed by atoms with Crippen molar-refractivity contribution in [1.29, 1.82) is 0 Å². The van der Waals surface area contributed by atoms with E-state index >= 15 is 0 Å². The standard InChI is InChI=1S/C19H23N5O2/c1-14-4-5-17(26-14)18-16(13-22-23-18)12-20-11-15-3-2-6-21-19(15)24-7-9-25-10-8-24/h2-6,13,20H,7-12H2,1H3,(H,22,23). The van der Waals surface area contributed by atoms with Crippen LogP contribution in [0.5, 0.6) is 0 Å². The number of rotatable bonds is 6. The van der Waals surface area contributed by atoms with E-state index in [9.17, 15) is 0 Å². The Morgan fingerprint density at radius 3 is 2.81 bits per heavy atom. The fourth-order valence-corrected chi connectivity index (χ4v) is 3.19. The van der Waals surface area contributed by atoms with E-state index in [0.29, 0.717) is 6.54 Å². The first kappa shape index (κ1) is 16.8. The molecule has 1 fully saturated rings. The molecule has 0 aliphatic carbocycles. The first-order valence-electron chi connectivity index (χ1n) is 8.87. The van der Waals surface area contributed by atoms with Gasteiger partial charge in [-0.3, -0.25) is 5.10 Å². The zero-order chi connectivity index (χ0) is 17.8. The number of nitrogens with one attached hydrogen (secondary N) is 2. The van der Waals surface area contributed by atoms with Crippen LogP contribution >= 0.6 is 0 Å². The summed E-state index contributed by atoms with van der Waals surface area (Å²) in [7, 11) is 0. The molecule has 136 valence electrons. The van der Waals surface area contributed by atoms with Crippen LogP contribution < -0.4 is 10.2 Å². The molecule has 0 radical (unpaired) electrons. The summed E-state index contributed by atoms with van der Waals surface area (Å²) < 4.78 is 11.1. The highest BCUT2D eigenvalue weighted by Crippen LogP contribution is 2.23. The molecule has 0 spiro atoms. The number of nitrogens with zero attached hydrogens (tertiary/aromatic N) is 3. The molecular formula is C19H23N5O2. The van der Waals surface area contributed by atoms with Crippen molar-refractivity contribution >= 4 is 5.82 Å². The Bertz CT molecular complexity index is 851. The van der Waals surface area contributed by atoms with Crippen LogP contribution in [0.25, 0.3) is 11.5 Å². The molecule has 7 heteroatoms. The maximum absolute atomic E-state index is 5.70. The maximum atomic E-state index is 5.70. The molecule has 1 saturated heterocycles. The summed E-state index contributed by atoms with van der Waals surface area (Å²) in [6.45, 7) is 6.65. The number of furan rings is 1. The maximum Gasteiger partial charge on any atom is 0.152 e. The fraction of sp³-hybridized carbons (Fsp3) is 0.368. The predicted octanol–water partition coefficient (Wildman–Crippen LogP) is 2.50. The SMILES string of the molecule is Cc1ccc(-c2[nH]ncc2CNCc2cccnc2N2CCOCC2)o1. The van der Waals surface area contributed by atoms with E-state index in [1.54, 1.807) is 0 Å². The molecule has 2 N–H and O–H groups in total. The van der Waals surface area contributed by atoms with E-state index in [1.807, 2.05) is 37.5 Å². The molecule has 26 heavy (non-hydrogen) atoms. The number of ether oxygens (including phenoxy) is 1. The second kappa shape index (κ2) is 7.72. The van der Waals surface area contributed by atoms with Gasteiger partial charge in [0.05, 0.1) is 19.4 Å². The van der Waals surface area contributed by atoms with E-state index in [1.165, 1.54) is 5.56 Å². The minimum atomic E-state index is 0.697. The zero-order valence-electron chi connectivity index (χ0n) is 14.9. The van der Waals surface area contributed by atoms with Crippen LogP contribution in [-0.2, 0) is 17.8 Å². The third-order valence-corrected chi connectivity index (χ3v) is 4.51. The summed E-state index contributed by atoms with van der Waals surface area (Å²) in [5.41, 5.74) is 3.19. The molecular weight excluding hydrogens is 330 g/mol. The number of pyridine rings is 1. The van der Waals surface area contributed by atoms with Gasteiger partial charge in [-0.1, -0.05) is 6.07 Å².